The van der Waals surface area contributed by atoms with Crippen LogP contribution in [0.4, 0.5) is 0 Å². The molecule has 0 bridgehead atoms. The third-order valence-electron chi connectivity index (χ3n) is 6.34. The number of thiol groups is 1. The van der Waals surface area contributed by atoms with Crippen LogP contribution in [0.1, 0.15) is 0 Å². The maximum Gasteiger partial charge on any atom is 0.0198 e. The fraction of sp³-hybridized carbons (Fsp3) is 0. The summed E-state index contributed by atoms with van der Waals surface area (Å²) < 4.78 is 0. The minimum Gasteiger partial charge on any atom is -0.142 e. The van der Waals surface area contributed by atoms with Crippen molar-refractivity contribution in [3.63, 3.8) is 0 Å². The summed E-state index contributed by atoms with van der Waals surface area (Å²) in [5.41, 5.74) is 7.11. The van der Waals surface area contributed by atoms with Crippen LogP contribution in [0.2, 0.25) is 0 Å². The van der Waals surface area contributed by atoms with Crippen LogP contribution < -0.4 is 0 Å². The van der Waals surface area contributed by atoms with E-state index in [1.54, 1.807) is 0 Å². The van der Waals surface area contributed by atoms with Gasteiger partial charge in [0.05, 0.1) is 0 Å². The van der Waals surface area contributed by atoms with Crippen molar-refractivity contribution >= 4 is 85.6 Å². The Kier molecular flexibility index (Phi) is 7.08. The normalized spacial score (nSPS) is 10.9. The Balaban J connectivity index is 0.00000241. The van der Waals surface area contributed by atoms with Gasteiger partial charge in [-0.3, -0.25) is 0 Å². The van der Waals surface area contributed by atoms with Crippen molar-refractivity contribution in [1.29, 1.82) is 0 Å². The summed E-state index contributed by atoms with van der Waals surface area (Å²) in [6.07, 6.45) is 0. The molecule has 0 N–H and O–H groups in total. The van der Waals surface area contributed by atoms with Crippen LogP contribution in [0.25, 0.3) is 54.9 Å². The van der Waals surface area contributed by atoms with Gasteiger partial charge in [-0.05, 0) is 73.1 Å². The Morgan fingerprint density at radius 1 is 0.412 bits per heavy atom. The van der Waals surface area contributed by atoms with E-state index in [4.69, 9.17) is 12.6 Å². The molecule has 0 aromatic heterocycles. The van der Waals surface area contributed by atoms with Crippen molar-refractivity contribution in [1.82, 2.24) is 0 Å². The van der Waals surface area contributed by atoms with E-state index in [2.05, 4.69) is 127 Å². The van der Waals surface area contributed by atoms with E-state index in [1.807, 2.05) is 0 Å². The number of fused-ring (bicyclic) bond motifs is 2. The van der Waals surface area contributed by atoms with Gasteiger partial charge in [-0.15, -0.1) is 12.6 Å². The number of rotatable bonds is 3. The summed E-state index contributed by atoms with van der Waals surface area (Å²) in [7, 11) is 0. The van der Waals surface area contributed by atoms with Crippen molar-refractivity contribution in [2.75, 3.05) is 0 Å². The second-order valence-electron chi connectivity index (χ2n) is 8.35. The number of hydrogen-bond acceptors (Lipinski definition) is 1. The van der Waals surface area contributed by atoms with Gasteiger partial charge < -0.3 is 0 Å². The fourth-order valence-electron chi connectivity index (χ4n) is 4.78. The van der Waals surface area contributed by atoms with Crippen LogP contribution in [0, 0.1) is 0 Å². The zero-order valence-electron chi connectivity index (χ0n) is 19.1. The maximum atomic E-state index is 5.04. The van der Waals surface area contributed by atoms with Gasteiger partial charge in [0, 0.05) is 56.3 Å². The second kappa shape index (κ2) is 10.2. The smallest absolute Gasteiger partial charge is 0.0198 e. The third kappa shape index (κ3) is 4.31. The Morgan fingerprint density at radius 3 is 1.29 bits per heavy atom. The molecule has 2 heteroatoms. The largest absolute Gasteiger partial charge is 0.142 e. The minimum atomic E-state index is 0. The first-order valence-corrected chi connectivity index (χ1v) is 11.6. The van der Waals surface area contributed by atoms with Crippen molar-refractivity contribution in [2.24, 2.45) is 0 Å². The van der Waals surface area contributed by atoms with Crippen molar-refractivity contribution in [2.45, 2.75) is 4.90 Å². The van der Waals surface area contributed by atoms with Gasteiger partial charge in [0.25, 0.3) is 0 Å². The van der Waals surface area contributed by atoms with Crippen LogP contribution in [0.15, 0.2) is 132 Å². The molecule has 34 heavy (non-hydrogen) atoms. The average Bonchev–Trinajstić information content (AvgIpc) is 2.88. The Hall–Kier alpha value is -2.17. The van der Waals surface area contributed by atoms with E-state index >= 15 is 0 Å². The van der Waals surface area contributed by atoms with Gasteiger partial charge in [-0.25, -0.2) is 0 Å². The summed E-state index contributed by atoms with van der Waals surface area (Å²) in [5.74, 6) is 0. The number of benzene rings is 6. The van der Waals surface area contributed by atoms with Gasteiger partial charge >= 0.3 is 0 Å². The van der Waals surface area contributed by atoms with Gasteiger partial charge in [0.2, 0.25) is 0 Å². The molecule has 0 aliphatic rings. The molecular weight excluding hydrogens is 456 g/mol. The topological polar surface area (TPSA) is 0 Å². The molecule has 0 atom stereocenters. The molecular formula is C32H22KS. The van der Waals surface area contributed by atoms with Crippen LogP contribution in [0.3, 0.4) is 0 Å². The molecule has 0 unspecified atom stereocenters. The van der Waals surface area contributed by atoms with Crippen molar-refractivity contribution in [3.05, 3.63) is 127 Å². The molecule has 0 nitrogen and oxygen atoms in total. The molecule has 6 aromatic carbocycles. The fourth-order valence-corrected chi connectivity index (χ4v) is 5.17. The van der Waals surface area contributed by atoms with Gasteiger partial charge in [-0.2, -0.15) is 0 Å². The molecule has 0 amide bonds. The van der Waals surface area contributed by atoms with Gasteiger partial charge in [0.1, 0.15) is 0 Å². The second-order valence-corrected chi connectivity index (χ2v) is 8.79. The Labute approximate surface area is 248 Å². The van der Waals surface area contributed by atoms with Crippen LogP contribution in [-0.4, -0.2) is 51.4 Å². The van der Waals surface area contributed by atoms with Crippen LogP contribution >= 0.6 is 12.6 Å². The van der Waals surface area contributed by atoms with E-state index in [1.165, 1.54) is 43.8 Å². The number of hydrogen-bond donors (Lipinski definition) is 1. The molecule has 0 heterocycles. The molecule has 6 rings (SSSR count). The zero-order valence-corrected chi connectivity index (χ0v) is 23.1. The summed E-state index contributed by atoms with van der Waals surface area (Å²) in [5, 5.41) is 5.04. The first-order valence-electron chi connectivity index (χ1n) is 11.2. The van der Waals surface area contributed by atoms with Crippen molar-refractivity contribution in [3.8, 4) is 33.4 Å². The minimum absolute atomic E-state index is 0. The van der Waals surface area contributed by atoms with E-state index in [0.29, 0.717) is 0 Å². The summed E-state index contributed by atoms with van der Waals surface area (Å²) >= 11 is 5.04. The Bertz CT molecular complexity index is 1490. The maximum absolute atomic E-state index is 5.04. The van der Waals surface area contributed by atoms with Crippen LogP contribution in [-0.2, 0) is 0 Å². The molecule has 6 aromatic rings. The average molecular weight is 478 g/mol. The molecule has 0 fully saturated rings. The first-order chi connectivity index (χ1) is 16.3. The van der Waals surface area contributed by atoms with E-state index in [-0.39, 0.29) is 51.4 Å². The van der Waals surface area contributed by atoms with E-state index in [0.717, 1.165) is 16.0 Å². The zero-order chi connectivity index (χ0) is 22.2. The summed E-state index contributed by atoms with van der Waals surface area (Å²) in [4.78, 5) is 1.00. The molecule has 0 aliphatic carbocycles. The standard InChI is InChI=1S/C32H22S.K/c33-32-29(22-11-3-1-4-12-22)20-26(21-30(32)23-13-5-2-6-14-23)31-27-17-9-7-15-24(27)19-25-16-8-10-18-28(25)31;/h1-21,33H;. The molecule has 157 valence electrons. The quantitative estimate of drug-likeness (QED) is 0.147. The summed E-state index contributed by atoms with van der Waals surface area (Å²) in [6, 6.07) is 45.4. The summed E-state index contributed by atoms with van der Waals surface area (Å²) in [6.45, 7) is 0. The molecule has 0 aliphatic heterocycles. The van der Waals surface area contributed by atoms with Gasteiger partial charge in [0.15, 0.2) is 0 Å². The van der Waals surface area contributed by atoms with Crippen molar-refractivity contribution < 1.29 is 0 Å². The molecule has 0 saturated heterocycles. The molecule has 0 spiro atoms. The van der Waals surface area contributed by atoms with E-state index < -0.39 is 0 Å². The van der Waals surface area contributed by atoms with Gasteiger partial charge in [-0.1, -0.05) is 109 Å². The Morgan fingerprint density at radius 2 is 0.824 bits per heavy atom. The first kappa shape index (κ1) is 23.6. The third-order valence-corrected chi connectivity index (χ3v) is 6.82. The SMILES string of the molecule is Sc1c(-c2ccccc2)cc(-c2c3ccccc3cc3ccccc23)cc1-c1ccccc1.[K]. The van der Waals surface area contributed by atoms with Crippen LogP contribution in [0.5, 0.6) is 0 Å². The molecule has 0 saturated carbocycles. The predicted octanol–water partition coefficient (Wildman–Crippen LogP) is 8.90. The van der Waals surface area contributed by atoms with E-state index in [9.17, 15) is 0 Å². The molecule has 1 radical (unpaired) electrons. The predicted molar refractivity (Wildman–Crippen MR) is 151 cm³/mol. The monoisotopic (exact) mass is 477 g/mol.